The Labute approximate surface area is 134 Å². The zero-order valence-electron chi connectivity index (χ0n) is 13.2. The summed E-state index contributed by atoms with van der Waals surface area (Å²) >= 11 is 0. The van der Waals surface area contributed by atoms with Crippen LogP contribution in [0.15, 0.2) is 9.31 Å². The number of sulfonamides is 1. The van der Waals surface area contributed by atoms with Gasteiger partial charge in [0.1, 0.15) is 4.90 Å². The van der Waals surface area contributed by atoms with E-state index in [1.165, 1.54) is 6.42 Å². The summed E-state index contributed by atoms with van der Waals surface area (Å²) in [6, 6.07) is 0.0516. The summed E-state index contributed by atoms with van der Waals surface area (Å²) in [6.07, 6.45) is 5.07. The van der Waals surface area contributed by atoms with Gasteiger partial charge in [0.2, 0.25) is 15.9 Å². The number of rotatable bonds is 5. The highest BCUT2D eigenvalue weighted by Crippen LogP contribution is 2.39. The van der Waals surface area contributed by atoms with Gasteiger partial charge in [-0.1, -0.05) is 6.42 Å². The number of H-pyrrole nitrogens is 1. The predicted molar refractivity (Wildman–Crippen MR) is 83.5 cm³/mol. The molecule has 2 saturated carbocycles. The van der Waals surface area contributed by atoms with Gasteiger partial charge < -0.3 is 9.40 Å². The van der Waals surface area contributed by atoms with E-state index >= 15 is 0 Å². The lowest BCUT2D eigenvalue weighted by molar-refractivity contribution is 0.338. The van der Waals surface area contributed by atoms with E-state index in [1.807, 2.05) is 6.92 Å². The third kappa shape index (κ3) is 2.59. The zero-order valence-corrected chi connectivity index (χ0v) is 14.0. The maximum atomic E-state index is 12.7. The molecule has 0 aliphatic heterocycles. The summed E-state index contributed by atoms with van der Waals surface area (Å²) in [7, 11) is -3.60. The van der Waals surface area contributed by atoms with E-state index in [2.05, 4.69) is 19.9 Å². The van der Waals surface area contributed by atoms with Crippen LogP contribution in [-0.2, 0) is 10.0 Å². The zero-order chi connectivity index (χ0) is 16.2. The van der Waals surface area contributed by atoms with Gasteiger partial charge >= 0.3 is 0 Å². The first-order chi connectivity index (χ1) is 11.0. The third-order valence-corrected chi connectivity index (χ3v) is 6.29. The predicted octanol–water partition coefficient (Wildman–Crippen LogP) is 2.39. The summed E-state index contributed by atoms with van der Waals surface area (Å²) in [5.74, 6) is 1.22. The van der Waals surface area contributed by atoms with E-state index in [0.29, 0.717) is 23.1 Å². The van der Waals surface area contributed by atoms with Crippen LogP contribution in [0.25, 0.3) is 11.5 Å². The summed E-state index contributed by atoms with van der Waals surface area (Å²) in [4.78, 5) is 3.32. The van der Waals surface area contributed by atoms with Crippen LogP contribution in [-0.4, -0.2) is 29.6 Å². The van der Waals surface area contributed by atoms with E-state index in [-0.39, 0.29) is 16.8 Å². The Morgan fingerprint density at radius 2 is 1.87 bits per heavy atom. The lowest BCUT2D eigenvalue weighted by atomic mass is 9.85. The van der Waals surface area contributed by atoms with Crippen LogP contribution in [0.4, 0.5) is 0 Å². The molecule has 2 heterocycles. The quantitative estimate of drug-likeness (QED) is 0.873. The van der Waals surface area contributed by atoms with Crippen molar-refractivity contribution in [3.8, 4) is 11.5 Å². The van der Waals surface area contributed by atoms with Crippen LogP contribution >= 0.6 is 0 Å². The topological polar surface area (TPSA) is 101 Å². The van der Waals surface area contributed by atoms with Crippen molar-refractivity contribution in [1.82, 2.24) is 19.9 Å². The van der Waals surface area contributed by atoms with Crippen LogP contribution in [0.2, 0.25) is 0 Å². The molecule has 23 heavy (non-hydrogen) atoms. The fourth-order valence-electron chi connectivity index (χ4n) is 2.99. The van der Waals surface area contributed by atoms with E-state index in [4.69, 9.17) is 4.42 Å². The van der Waals surface area contributed by atoms with Gasteiger partial charge in [0, 0.05) is 23.3 Å². The Kier molecular flexibility index (Phi) is 3.35. The van der Waals surface area contributed by atoms with Gasteiger partial charge in [0.05, 0.1) is 5.56 Å². The van der Waals surface area contributed by atoms with Gasteiger partial charge in [-0.25, -0.2) is 13.1 Å². The highest BCUT2D eigenvalue weighted by molar-refractivity contribution is 7.89. The molecule has 0 unspecified atom stereocenters. The lowest BCUT2D eigenvalue weighted by Gasteiger charge is -2.20. The fourth-order valence-corrected chi connectivity index (χ4v) is 4.74. The minimum Gasteiger partial charge on any atom is -0.420 e. The van der Waals surface area contributed by atoms with E-state index in [1.54, 1.807) is 6.92 Å². The number of aryl methyl sites for hydroxylation is 2. The van der Waals surface area contributed by atoms with Gasteiger partial charge in [0.25, 0.3) is 5.89 Å². The van der Waals surface area contributed by atoms with Crippen LogP contribution in [0.3, 0.4) is 0 Å². The molecule has 0 bridgehead atoms. The molecular formula is C15H20N4O3S. The minimum absolute atomic E-state index is 0.0516. The normalized spacial score (nSPS) is 19.0. The summed E-state index contributed by atoms with van der Waals surface area (Å²) < 4.78 is 33.9. The Balaban J connectivity index is 1.77. The second-order valence-electron chi connectivity index (χ2n) is 6.55. The second kappa shape index (κ2) is 5.17. The van der Waals surface area contributed by atoms with Crippen molar-refractivity contribution >= 4 is 10.0 Å². The summed E-state index contributed by atoms with van der Waals surface area (Å²) in [5.41, 5.74) is 1.81. The first-order valence-corrected chi connectivity index (χ1v) is 9.49. The third-order valence-electron chi connectivity index (χ3n) is 4.59. The molecule has 8 heteroatoms. The van der Waals surface area contributed by atoms with Crippen molar-refractivity contribution in [3.63, 3.8) is 0 Å². The molecule has 0 amide bonds. The lowest BCUT2D eigenvalue weighted by Crippen LogP contribution is -2.26. The molecular weight excluding hydrogens is 316 g/mol. The average Bonchev–Trinajstić information content (AvgIpc) is 2.97. The number of nitrogens with zero attached hydrogens (tertiary/aromatic N) is 2. The average molecular weight is 336 g/mol. The Morgan fingerprint density at radius 1 is 1.13 bits per heavy atom. The van der Waals surface area contributed by atoms with Gasteiger partial charge in [-0.2, -0.15) is 0 Å². The van der Waals surface area contributed by atoms with Crippen LogP contribution in [0.1, 0.15) is 55.3 Å². The highest BCUT2D eigenvalue weighted by Gasteiger charge is 2.34. The summed E-state index contributed by atoms with van der Waals surface area (Å²) in [5, 5.41) is 8.22. The molecule has 4 rings (SSSR count). The Bertz CT molecular complexity index is 844. The number of nitrogens with one attached hydrogen (secondary N) is 2. The molecule has 2 aliphatic rings. The highest BCUT2D eigenvalue weighted by atomic mass is 32.2. The first kappa shape index (κ1) is 14.9. The van der Waals surface area contributed by atoms with Crippen molar-refractivity contribution in [2.24, 2.45) is 0 Å². The molecule has 0 aromatic carbocycles. The Morgan fingerprint density at radius 3 is 2.48 bits per heavy atom. The molecule has 2 N–H and O–H groups in total. The van der Waals surface area contributed by atoms with Crippen LogP contribution in [0, 0.1) is 13.8 Å². The van der Waals surface area contributed by atoms with E-state index < -0.39 is 10.0 Å². The van der Waals surface area contributed by atoms with Crippen LogP contribution in [0.5, 0.6) is 0 Å². The Hall–Kier alpha value is -1.67. The molecule has 2 aliphatic carbocycles. The molecule has 7 nitrogen and oxygen atoms in total. The minimum atomic E-state index is -3.60. The number of hydrogen-bond acceptors (Lipinski definition) is 5. The largest absolute Gasteiger partial charge is 0.420 e. The molecule has 124 valence electrons. The van der Waals surface area contributed by atoms with Crippen molar-refractivity contribution in [3.05, 3.63) is 17.3 Å². The van der Waals surface area contributed by atoms with Gasteiger partial charge in [-0.15, -0.1) is 10.2 Å². The van der Waals surface area contributed by atoms with Crippen molar-refractivity contribution in [2.75, 3.05) is 0 Å². The summed E-state index contributed by atoms with van der Waals surface area (Å²) in [6.45, 7) is 3.58. The van der Waals surface area contributed by atoms with Crippen molar-refractivity contribution in [1.29, 1.82) is 0 Å². The molecule has 2 aromatic rings. The van der Waals surface area contributed by atoms with Gasteiger partial charge in [-0.3, -0.25) is 0 Å². The van der Waals surface area contributed by atoms with Gasteiger partial charge in [0.15, 0.2) is 0 Å². The SMILES string of the molecule is Cc1[nH]c(C)c(S(=O)(=O)NC2CC2)c1-c1nnc(C2CCC2)o1. The van der Waals surface area contributed by atoms with E-state index in [9.17, 15) is 8.42 Å². The first-order valence-electron chi connectivity index (χ1n) is 8.01. The molecule has 2 aromatic heterocycles. The molecule has 0 radical (unpaired) electrons. The maximum Gasteiger partial charge on any atom is 0.250 e. The number of aromatic nitrogens is 3. The second-order valence-corrected chi connectivity index (χ2v) is 8.20. The maximum absolute atomic E-state index is 12.7. The standard InChI is InChI=1S/C15H20N4O3S/c1-8-12(15-18-17-14(22-15)10-4-3-5-10)13(9(2)16-8)23(20,21)19-11-6-7-11/h10-11,16,19H,3-7H2,1-2H3. The monoisotopic (exact) mass is 336 g/mol. The van der Waals surface area contributed by atoms with Crippen molar-refractivity contribution in [2.45, 2.75) is 62.8 Å². The fraction of sp³-hybridized carbons (Fsp3) is 0.600. The van der Waals surface area contributed by atoms with Crippen molar-refractivity contribution < 1.29 is 12.8 Å². The molecule has 0 spiro atoms. The smallest absolute Gasteiger partial charge is 0.250 e. The molecule has 0 saturated heterocycles. The molecule has 0 atom stereocenters. The van der Waals surface area contributed by atoms with Crippen LogP contribution < -0.4 is 4.72 Å². The van der Waals surface area contributed by atoms with Gasteiger partial charge in [-0.05, 0) is 39.5 Å². The van der Waals surface area contributed by atoms with E-state index in [0.717, 1.165) is 31.4 Å². The number of aromatic amines is 1. The molecule has 2 fully saturated rings. The number of hydrogen-bond donors (Lipinski definition) is 2.